The molecule has 108 valence electrons. The van der Waals surface area contributed by atoms with Crippen LogP contribution in [0.1, 0.15) is 12.0 Å². The molecular weight excluding hydrogens is 257 g/mol. The summed E-state index contributed by atoms with van der Waals surface area (Å²) in [6.45, 7) is 0.0573. The van der Waals surface area contributed by atoms with Gasteiger partial charge in [-0.2, -0.15) is 13.2 Å². The molecule has 0 heterocycles. The summed E-state index contributed by atoms with van der Waals surface area (Å²) >= 11 is 0. The summed E-state index contributed by atoms with van der Waals surface area (Å²) in [6.07, 6.45) is -3.70. The fourth-order valence-electron chi connectivity index (χ4n) is 1.61. The zero-order valence-corrected chi connectivity index (χ0v) is 10.9. The van der Waals surface area contributed by atoms with Gasteiger partial charge in [0, 0.05) is 32.4 Å². The Kier molecular flexibility index (Phi) is 6.11. The van der Waals surface area contributed by atoms with Gasteiger partial charge in [0.2, 0.25) is 0 Å². The number of alkyl halides is 3. The molecule has 0 aliphatic heterocycles. The molecule has 0 unspecified atom stereocenters. The van der Waals surface area contributed by atoms with Gasteiger partial charge in [-0.15, -0.1) is 0 Å². The minimum atomic E-state index is -4.25. The molecule has 0 spiro atoms. The van der Waals surface area contributed by atoms with Crippen molar-refractivity contribution in [1.29, 1.82) is 0 Å². The Hall–Kier alpha value is -1.27. The van der Waals surface area contributed by atoms with Gasteiger partial charge in [0.25, 0.3) is 0 Å². The summed E-state index contributed by atoms with van der Waals surface area (Å²) in [5.41, 5.74) is 7.56. The molecule has 0 fully saturated rings. The molecule has 0 radical (unpaired) electrons. The quantitative estimate of drug-likeness (QED) is 0.778. The summed E-state index contributed by atoms with van der Waals surface area (Å²) in [7, 11) is 1.89. The van der Waals surface area contributed by atoms with Crippen LogP contribution in [0.4, 0.5) is 18.9 Å². The van der Waals surface area contributed by atoms with Crippen molar-refractivity contribution in [3.05, 3.63) is 29.8 Å². The molecule has 6 heteroatoms. The van der Waals surface area contributed by atoms with Crippen LogP contribution in [0.5, 0.6) is 0 Å². The largest absolute Gasteiger partial charge is 0.411 e. The fourth-order valence-corrected chi connectivity index (χ4v) is 1.61. The first-order valence-corrected chi connectivity index (χ1v) is 6.07. The van der Waals surface area contributed by atoms with E-state index in [4.69, 9.17) is 5.73 Å². The number of hydrogen-bond donors (Lipinski definition) is 1. The third-order valence-corrected chi connectivity index (χ3v) is 2.66. The second kappa shape index (κ2) is 7.35. The monoisotopic (exact) mass is 276 g/mol. The number of rotatable bonds is 7. The number of anilines is 1. The Morgan fingerprint density at radius 2 is 1.84 bits per heavy atom. The van der Waals surface area contributed by atoms with Crippen molar-refractivity contribution in [3.8, 4) is 0 Å². The molecule has 0 amide bonds. The maximum absolute atomic E-state index is 11.8. The first kappa shape index (κ1) is 15.8. The molecule has 0 aliphatic rings. The lowest BCUT2D eigenvalue weighted by Crippen LogP contribution is -2.22. The number of halogens is 3. The van der Waals surface area contributed by atoms with Crippen molar-refractivity contribution >= 4 is 5.69 Å². The predicted octanol–water partition coefficient (Wildman–Crippen LogP) is 2.55. The lowest BCUT2D eigenvalue weighted by molar-refractivity contribution is -0.173. The smallest absolute Gasteiger partial charge is 0.375 e. The molecule has 0 bridgehead atoms. The summed E-state index contributed by atoms with van der Waals surface area (Å²) in [4.78, 5) is 1.97. The third-order valence-electron chi connectivity index (χ3n) is 2.66. The second-order valence-electron chi connectivity index (χ2n) is 4.31. The molecule has 0 saturated carbocycles. The van der Waals surface area contributed by atoms with E-state index in [0.29, 0.717) is 19.5 Å². The zero-order chi connectivity index (χ0) is 14.3. The Labute approximate surface area is 111 Å². The van der Waals surface area contributed by atoms with Crippen molar-refractivity contribution < 1.29 is 17.9 Å². The average Bonchev–Trinajstić information content (AvgIpc) is 2.37. The van der Waals surface area contributed by atoms with Gasteiger partial charge in [0.1, 0.15) is 6.61 Å². The van der Waals surface area contributed by atoms with Crippen LogP contribution in [0.3, 0.4) is 0 Å². The predicted molar refractivity (Wildman–Crippen MR) is 69.1 cm³/mol. The van der Waals surface area contributed by atoms with Gasteiger partial charge in [-0.25, -0.2) is 0 Å². The maximum atomic E-state index is 11.8. The molecule has 1 aromatic rings. The number of nitrogens with two attached hydrogens (primary N) is 1. The first-order valence-electron chi connectivity index (χ1n) is 6.07. The van der Waals surface area contributed by atoms with Crippen LogP contribution in [0.15, 0.2) is 24.3 Å². The molecule has 1 aromatic carbocycles. The Morgan fingerprint density at radius 1 is 1.21 bits per heavy atom. The fraction of sp³-hybridized carbons (Fsp3) is 0.538. The lowest BCUT2D eigenvalue weighted by atomic mass is 10.2. The molecule has 1 rings (SSSR count). The minimum absolute atomic E-state index is 0.102. The van der Waals surface area contributed by atoms with Crippen LogP contribution < -0.4 is 10.6 Å². The van der Waals surface area contributed by atoms with Crippen LogP contribution in [0, 0.1) is 0 Å². The standard InChI is InChI=1S/C13H19F3N2O/c1-18(7-2-8-19-10-13(14,15)16)12-5-3-11(9-17)4-6-12/h3-6H,2,7-10,17H2,1H3. The van der Waals surface area contributed by atoms with Gasteiger partial charge in [-0.1, -0.05) is 12.1 Å². The number of ether oxygens (including phenoxy) is 1. The van der Waals surface area contributed by atoms with Crippen LogP contribution >= 0.6 is 0 Å². The van der Waals surface area contributed by atoms with Crippen LogP contribution in [0.2, 0.25) is 0 Å². The summed E-state index contributed by atoms with van der Waals surface area (Å²) in [5, 5.41) is 0. The normalized spacial score (nSPS) is 11.6. The van der Waals surface area contributed by atoms with E-state index in [9.17, 15) is 13.2 Å². The highest BCUT2D eigenvalue weighted by molar-refractivity contribution is 5.46. The Balaban J connectivity index is 2.25. The molecule has 2 N–H and O–H groups in total. The van der Waals surface area contributed by atoms with Gasteiger partial charge < -0.3 is 15.4 Å². The van der Waals surface area contributed by atoms with E-state index < -0.39 is 12.8 Å². The zero-order valence-electron chi connectivity index (χ0n) is 10.9. The van der Waals surface area contributed by atoms with E-state index in [2.05, 4.69) is 4.74 Å². The SMILES string of the molecule is CN(CCCOCC(F)(F)F)c1ccc(CN)cc1. The lowest BCUT2D eigenvalue weighted by Gasteiger charge is -2.19. The van der Waals surface area contributed by atoms with Gasteiger partial charge in [0.15, 0.2) is 0 Å². The average molecular weight is 276 g/mol. The summed E-state index contributed by atoms with van der Waals surface area (Å²) in [6, 6.07) is 7.76. The van der Waals surface area contributed by atoms with E-state index in [0.717, 1.165) is 11.3 Å². The highest BCUT2D eigenvalue weighted by Gasteiger charge is 2.27. The third kappa shape index (κ3) is 6.45. The number of hydrogen-bond acceptors (Lipinski definition) is 3. The Morgan fingerprint density at radius 3 is 2.37 bits per heavy atom. The van der Waals surface area contributed by atoms with Crippen LogP contribution in [-0.2, 0) is 11.3 Å². The van der Waals surface area contributed by atoms with Gasteiger partial charge in [-0.05, 0) is 24.1 Å². The molecule has 0 saturated heterocycles. The molecule has 3 nitrogen and oxygen atoms in total. The van der Waals surface area contributed by atoms with E-state index >= 15 is 0 Å². The highest BCUT2D eigenvalue weighted by Crippen LogP contribution is 2.15. The molecule has 0 aliphatic carbocycles. The van der Waals surface area contributed by atoms with Crippen LogP contribution in [-0.4, -0.2) is 33.0 Å². The van der Waals surface area contributed by atoms with E-state index in [1.807, 2.05) is 36.2 Å². The van der Waals surface area contributed by atoms with Gasteiger partial charge in [0.05, 0.1) is 0 Å². The Bertz CT molecular complexity index is 365. The van der Waals surface area contributed by atoms with Crippen molar-refractivity contribution in [3.63, 3.8) is 0 Å². The molecule has 0 aromatic heterocycles. The highest BCUT2D eigenvalue weighted by atomic mass is 19.4. The van der Waals surface area contributed by atoms with E-state index in [1.165, 1.54) is 0 Å². The molecular formula is C13H19F3N2O. The minimum Gasteiger partial charge on any atom is -0.375 e. The second-order valence-corrected chi connectivity index (χ2v) is 4.31. The van der Waals surface area contributed by atoms with E-state index in [1.54, 1.807) is 0 Å². The molecule has 0 atom stereocenters. The van der Waals surface area contributed by atoms with Crippen molar-refractivity contribution in [2.75, 3.05) is 31.7 Å². The van der Waals surface area contributed by atoms with Gasteiger partial charge in [-0.3, -0.25) is 0 Å². The first-order chi connectivity index (χ1) is 8.92. The van der Waals surface area contributed by atoms with E-state index in [-0.39, 0.29) is 6.61 Å². The topological polar surface area (TPSA) is 38.5 Å². The van der Waals surface area contributed by atoms with Crippen molar-refractivity contribution in [1.82, 2.24) is 0 Å². The van der Waals surface area contributed by atoms with Gasteiger partial charge >= 0.3 is 6.18 Å². The number of nitrogens with zero attached hydrogens (tertiary/aromatic N) is 1. The maximum Gasteiger partial charge on any atom is 0.411 e. The number of benzene rings is 1. The van der Waals surface area contributed by atoms with Crippen molar-refractivity contribution in [2.24, 2.45) is 5.73 Å². The van der Waals surface area contributed by atoms with Crippen molar-refractivity contribution in [2.45, 2.75) is 19.1 Å². The molecule has 19 heavy (non-hydrogen) atoms. The summed E-state index contributed by atoms with van der Waals surface area (Å²) in [5.74, 6) is 0. The van der Waals surface area contributed by atoms with Crippen LogP contribution in [0.25, 0.3) is 0 Å². The summed E-state index contributed by atoms with van der Waals surface area (Å²) < 4.78 is 40.0.